The molecule has 164 valence electrons. The number of amides is 2. The fraction of sp³-hybridized carbons (Fsp3) is 0.0400. The molecule has 0 bridgehead atoms. The van der Waals surface area contributed by atoms with Crippen LogP contribution >= 0.6 is 0 Å². The average Bonchev–Trinajstić information content (AvgIpc) is 2.83. The molecule has 2 amide bonds. The Labute approximate surface area is 188 Å². The highest BCUT2D eigenvalue weighted by Gasteiger charge is 2.17. The number of benzene rings is 3. The molecule has 0 unspecified atom stereocenters. The average molecular weight is 441 g/mol. The first-order valence-electron chi connectivity index (χ1n) is 10.1. The largest absolute Gasteiger partial charge is 0.452 e. The monoisotopic (exact) mass is 441 g/mol. The van der Waals surface area contributed by atoms with E-state index in [2.05, 4.69) is 15.6 Å². The third-order valence-corrected chi connectivity index (χ3v) is 4.78. The number of hydrogen-bond acceptors (Lipinski definition) is 5. The normalized spacial score (nSPS) is 10.4. The Morgan fingerprint density at radius 3 is 2.30 bits per heavy atom. The van der Waals surface area contributed by atoms with Gasteiger partial charge in [0.1, 0.15) is 0 Å². The predicted octanol–water partition coefficient (Wildman–Crippen LogP) is 3.58. The van der Waals surface area contributed by atoms with Gasteiger partial charge in [0.2, 0.25) is 5.56 Å². The number of ether oxygens (including phenoxy) is 1. The summed E-state index contributed by atoms with van der Waals surface area (Å²) in [7, 11) is 0. The van der Waals surface area contributed by atoms with Crippen LogP contribution in [-0.2, 0) is 9.53 Å². The van der Waals surface area contributed by atoms with Gasteiger partial charge in [-0.3, -0.25) is 14.4 Å². The number of esters is 1. The fourth-order valence-electron chi connectivity index (χ4n) is 3.28. The van der Waals surface area contributed by atoms with E-state index in [1.807, 2.05) is 6.07 Å². The summed E-state index contributed by atoms with van der Waals surface area (Å²) in [5.74, 6) is -1.83. The minimum absolute atomic E-state index is 0.0600. The van der Waals surface area contributed by atoms with Crippen molar-refractivity contribution in [3.63, 3.8) is 0 Å². The zero-order chi connectivity index (χ0) is 23.2. The van der Waals surface area contributed by atoms with E-state index in [9.17, 15) is 19.2 Å². The number of aromatic amines is 1. The molecule has 4 aromatic rings. The van der Waals surface area contributed by atoms with Crippen LogP contribution in [0.1, 0.15) is 20.7 Å². The summed E-state index contributed by atoms with van der Waals surface area (Å²) in [4.78, 5) is 52.1. The number of anilines is 2. The van der Waals surface area contributed by atoms with Crippen LogP contribution in [0.15, 0.2) is 89.7 Å². The number of fused-ring (bicyclic) bond motifs is 1. The van der Waals surface area contributed by atoms with Gasteiger partial charge in [-0.15, -0.1) is 0 Å². The van der Waals surface area contributed by atoms with E-state index in [1.54, 1.807) is 72.8 Å². The van der Waals surface area contributed by atoms with Gasteiger partial charge >= 0.3 is 5.97 Å². The van der Waals surface area contributed by atoms with Crippen LogP contribution in [0.3, 0.4) is 0 Å². The lowest BCUT2D eigenvalue weighted by molar-refractivity contribution is -0.119. The lowest BCUT2D eigenvalue weighted by Crippen LogP contribution is -2.23. The summed E-state index contributed by atoms with van der Waals surface area (Å²) < 4.78 is 5.12. The molecular weight excluding hydrogens is 422 g/mol. The highest BCUT2D eigenvalue weighted by molar-refractivity contribution is 6.10. The smallest absolute Gasteiger partial charge is 0.339 e. The van der Waals surface area contributed by atoms with Crippen LogP contribution in [0.4, 0.5) is 11.4 Å². The quantitative estimate of drug-likeness (QED) is 0.396. The Balaban J connectivity index is 1.43. The first-order valence-corrected chi connectivity index (χ1v) is 10.1. The number of carbonyl (C=O) groups is 3. The molecule has 1 aromatic heterocycles. The van der Waals surface area contributed by atoms with Gasteiger partial charge in [-0.25, -0.2) is 4.79 Å². The van der Waals surface area contributed by atoms with Crippen molar-refractivity contribution < 1.29 is 19.1 Å². The van der Waals surface area contributed by atoms with Crippen LogP contribution in [-0.4, -0.2) is 29.4 Å². The molecule has 0 saturated carbocycles. The van der Waals surface area contributed by atoms with Crippen molar-refractivity contribution in [2.75, 3.05) is 17.2 Å². The molecule has 8 nitrogen and oxygen atoms in total. The summed E-state index contributed by atoms with van der Waals surface area (Å²) in [6, 6.07) is 23.3. The van der Waals surface area contributed by atoms with Crippen LogP contribution in [0.25, 0.3) is 10.9 Å². The predicted molar refractivity (Wildman–Crippen MR) is 124 cm³/mol. The van der Waals surface area contributed by atoms with Crippen LogP contribution in [0.2, 0.25) is 0 Å². The summed E-state index contributed by atoms with van der Waals surface area (Å²) in [6.07, 6.45) is 0. The van der Waals surface area contributed by atoms with Crippen molar-refractivity contribution in [3.8, 4) is 0 Å². The van der Waals surface area contributed by atoms with Crippen molar-refractivity contribution in [1.82, 2.24) is 4.98 Å². The minimum atomic E-state index is -0.803. The van der Waals surface area contributed by atoms with Gasteiger partial charge in [0.25, 0.3) is 11.8 Å². The van der Waals surface area contributed by atoms with Crippen molar-refractivity contribution in [3.05, 3.63) is 106 Å². The second kappa shape index (κ2) is 9.61. The highest BCUT2D eigenvalue weighted by Crippen LogP contribution is 2.18. The van der Waals surface area contributed by atoms with Gasteiger partial charge in [-0.05, 0) is 30.3 Å². The van der Waals surface area contributed by atoms with Crippen molar-refractivity contribution in [2.45, 2.75) is 0 Å². The molecule has 0 saturated heterocycles. The molecule has 0 radical (unpaired) electrons. The van der Waals surface area contributed by atoms with Crippen LogP contribution in [0, 0.1) is 0 Å². The van der Waals surface area contributed by atoms with Crippen LogP contribution in [0.5, 0.6) is 0 Å². The molecular formula is C25H19N3O5. The topological polar surface area (TPSA) is 117 Å². The van der Waals surface area contributed by atoms with E-state index in [1.165, 1.54) is 0 Å². The maximum Gasteiger partial charge on any atom is 0.339 e. The molecule has 4 rings (SSSR count). The number of H-pyrrole nitrogens is 1. The molecule has 3 N–H and O–H groups in total. The second-order valence-electron chi connectivity index (χ2n) is 7.08. The molecule has 0 aliphatic rings. The Hall–Kier alpha value is -4.72. The molecule has 0 atom stereocenters. The van der Waals surface area contributed by atoms with Gasteiger partial charge in [0.05, 0.1) is 16.8 Å². The summed E-state index contributed by atoms with van der Waals surface area (Å²) in [6.45, 7) is -0.589. The summed E-state index contributed by atoms with van der Waals surface area (Å²) in [5, 5.41) is 5.85. The lowest BCUT2D eigenvalue weighted by atomic mass is 10.1. The van der Waals surface area contributed by atoms with E-state index in [0.29, 0.717) is 16.6 Å². The molecule has 8 heteroatoms. The van der Waals surface area contributed by atoms with Gasteiger partial charge in [0, 0.05) is 22.7 Å². The van der Waals surface area contributed by atoms with Gasteiger partial charge in [0.15, 0.2) is 6.61 Å². The van der Waals surface area contributed by atoms with Gasteiger partial charge in [-0.1, -0.05) is 48.5 Å². The highest BCUT2D eigenvalue weighted by atomic mass is 16.5. The Bertz CT molecular complexity index is 1400. The third kappa shape index (κ3) is 5.13. The summed E-state index contributed by atoms with van der Waals surface area (Å²) >= 11 is 0. The number of pyridine rings is 1. The molecule has 0 aliphatic heterocycles. The zero-order valence-electron chi connectivity index (χ0n) is 17.3. The first-order chi connectivity index (χ1) is 16.0. The maximum absolute atomic E-state index is 12.6. The van der Waals surface area contributed by atoms with Crippen molar-refractivity contribution in [1.29, 1.82) is 0 Å². The molecule has 1 heterocycles. The Morgan fingerprint density at radius 1 is 0.788 bits per heavy atom. The number of nitrogens with one attached hydrogen (secondary N) is 3. The number of aromatic nitrogens is 1. The van der Waals surface area contributed by atoms with Crippen molar-refractivity contribution >= 4 is 40.1 Å². The minimum Gasteiger partial charge on any atom is -0.452 e. The van der Waals surface area contributed by atoms with E-state index in [4.69, 9.17) is 4.74 Å². The molecule has 33 heavy (non-hydrogen) atoms. The number of hydrogen-bond donors (Lipinski definition) is 3. The second-order valence-corrected chi connectivity index (χ2v) is 7.08. The lowest BCUT2D eigenvalue weighted by Gasteiger charge is -2.12. The van der Waals surface area contributed by atoms with E-state index in [0.717, 1.165) is 6.07 Å². The Kier molecular flexibility index (Phi) is 6.26. The Morgan fingerprint density at radius 2 is 1.48 bits per heavy atom. The third-order valence-electron chi connectivity index (χ3n) is 4.78. The number of para-hydroxylation sites is 3. The van der Waals surface area contributed by atoms with Crippen LogP contribution < -0.4 is 16.2 Å². The fourth-order valence-corrected chi connectivity index (χ4v) is 3.28. The SMILES string of the molecule is O=C(COC(=O)c1cc(=O)[nH]c2ccccc12)Nc1ccccc1C(=O)Nc1ccccc1. The first kappa shape index (κ1) is 21.5. The van der Waals surface area contributed by atoms with Gasteiger partial charge < -0.3 is 20.4 Å². The molecule has 0 spiro atoms. The van der Waals surface area contributed by atoms with E-state index >= 15 is 0 Å². The van der Waals surface area contributed by atoms with Gasteiger partial charge in [-0.2, -0.15) is 0 Å². The molecule has 0 fully saturated rings. The van der Waals surface area contributed by atoms with Crippen molar-refractivity contribution in [2.24, 2.45) is 0 Å². The van der Waals surface area contributed by atoms with E-state index < -0.39 is 29.9 Å². The maximum atomic E-state index is 12.6. The standard InChI is InChI=1S/C25H19N3O5/c29-22-14-19(17-10-4-6-12-20(17)27-22)25(32)33-15-23(30)28-21-13-7-5-11-18(21)24(31)26-16-8-2-1-3-9-16/h1-14H,15H2,(H,26,31)(H,27,29)(H,28,30). The molecule has 0 aliphatic carbocycles. The number of carbonyl (C=O) groups excluding carboxylic acids is 3. The summed E-state index contributed by atoms with van der Waals surface area (Å²) in [5.41, 5.74) is 1.23. The molecule has 3 aromatic carbocycles. The van der Waals surface area contributed by atoms with E-state index in [-0.39, 0.29) is 16.8 Å². The zero-order valence-corrected chi connectivity index (χ0v) is 17.3. The number of rotatable bonds is 6.